The summed E-state index contributed by atoms with van der Waals surface area (Å²) in [6.07, 6.45) is 1.09. The van der Waals surface area contributed by atoms with Crippen LogP contribution in [0.4, 0.5) is 0 Å². The van der Waals surface area contributed by atoms with Crippen molar-refractivity contribution in [3.8, 4) is 0 Å². The van der Waals surface area contributed by atoms with E-state index in [1.165, 1.54) is 0 Å². The summed E-state index contributed by atoms with van der Waals surface area (Å²) in [4.78, 5) is 12.3. The predicted molar refractivity (Wildman–Crippen MR) is 97.3 cm³/mol. The molecule has 0 atom stereocenters. The van der Waals surface area contributed by atoms with Crippen molar-refractivity contribution in [1.29, 1.82) is 0 Å². The number of amides is 1. The molecule has 2 aromatic carbocycles. The van der Waals surface area contributed by atoms with Crippen LogP contribution >= 0.6 is 0 Å². The molecule has 4 nitrogen and oxygen atoms in total. The minimum absolute atomic E-state index is 0.0175. The maximum atomic E-state index is 12.3. The lowest BCUT2D eigenvalue weighted by Gasteiger charge is -2.33. The van der Waals surface area contributed by atoms with Crippen LogP contribution < -0.4 is 5.32 Å². The fraction of sp³-hybridized carbons (Fsp3) is 0.350. The molecule has 0 radical (unpaired) electrons. The van der Waals surface area contributed by atoms with E-state index in [0.29, 0.717) is 25.9 Å². The van der Waals surface area contributed by atoms with Crippen molar-refractivity contribution in [3.05, 3.63) is 77.0 Å². The first-order valence-corrected chi connectivity index (χ1v) is 8.36. The number of hydroxylamine groups is 3. The first-order valence-electron chi connectivity index (χ1n) is 8.36. The Morgan fingerprint density at radius 3 is 1.96 bits per heavy atom. The highest BCUT2D eigenvalue weighted by atomic mass is 16.5. The third-order valence-electron chi connectivity index (χ3n) is 3.99. The minimum Gasteiger partial charge on any atom is -0.633 e. The third-order valence-corrected chi connectivity index (χ3v) is 3.99. The van der Waals surface area contributed by atoms with Crippen molar-refractivity contribution in [2.24, 2.45) is 0 Å². The second kappa shape index (κ2) is 8.62. The largest absolute Gasteiger partial charge is 0.633 e. The number of benzene rings is 2. The van der Waals surface area contributed by atoms with Crippen molar-refractivity contribution in [2.75, 3.05) is 27.2 Å². The van der Waals surface area contributed by atoms with Gasteiger partial charge in [-0.2, -0.15) is 0 Å². The molecule has 1 amide bonds. The molecule has 24 heavy (non-hydrogen) atoms. The molecule has 0 spiro atoms. The summed E-state index contributed by atoms with van der Waals surface area (Å²) in [5, 5.41) is 14.5. The van der Waals surface area contributed by atoms with Gasteiger partial charge in [0.05, 0.1) is 20.6 Å². The predicted octanol–water partition coefficient (Wildman–Crippen LogP) is 3.29. The zero-order chi connectivity index (χ0) is 17.4. The van der Waals surface area contributed by atoms with Crippen LogP contribution in [-0.2, 0) is 4.79 Å². The Balaban J connectivity index is 1.97. The lowest BCUT2D eigenvalue weighted by atomic mass is 9.88. The fourth-order valence-corrected chi connectivity index (χ4v) is 2.74. The molecular weight excluding hydrogens is 300 g/mol. The molecule has 0 aliphatic heterocycles. The average molecular weight is 326 g/mol. The van der Waals surface area contributed by atoms with Gasteiger partial charge in [0.1, 0.15) is 0 Å². The van der Waals surface area contributed by atoms with Crippen LogP contribution in [-0.4, -0.2) is 37.7 Å². The van der Waals surface area contributed by atoms with Gasteiger partial charge in [0.25, 0.3) is 0 Å². The van der Waals surface area contributed by atoms with Crippen molar-refractivity contribution < 1.29 is 9.44 Å². The normalized spacial score (nSPS) is 11.5. The maximum Gasteiger partial charge on any atom is 0.220 e. The summed E-state index contributed by atoms with van der Waals surface area (Å²) in [5.41, 5.74) is 2.27. The van der Waals surface area contributed by atoms with Crippen LogP contribution in [0.5, 0.6) is 0 Å². The minimum atomic E-state index is -0.327. The monoisotopic (exact) mass is 326 g/mol. The lowest BCUT2D eigenvalue weighted by molar-refractivity contribution is -0.840. The van der Waals surface area contributed by atoms with Crippen LogP contribution in [0.25, 0.3) is 0 Å². The summed E-state index contributed by atoms with van der Waals surface area (Å²) in [5.74, 6) is 0.0584. The molecule has 0 saturated heterocycles. The summed E-state index contributed by atoms with van der Waals surface area (Å²) in [6, 6.07) is 20.2. The van der Waals surface area contributed by atoms with Gasteiger partial charge in [0.15, 0.2) is 0 Å². The van der Waals surface area contributed by atoms with Crippen molar-refractivity contribution in [3.63, 3.8) is 0 Å². The first-order chi connectivity index (χ1) is 11.5. The summed E-state index contributed by atoms with van der Waals surface area (Å²) < 4.78 is -0.327. The molecule has 128 valence electrons. The van der Waals surface area contributed by atoms with Crippen molar-refractivity contribution in [1.82, 2.24) is 5.32 Å². The van der Waals surface area contributed by atoms with Gasteiger partial charge in [-0.1, -0.05) is 60.7 Å². The summed E-state index contributed by atoms with van der Waals surface area (Å²) in [6.45, 7) is 1.04. The molecule has 2 rings (SSSR count). The zero-order valence-electron chi connectivity index (χ0n) is 14.4. The van der Waals surface area contributed by atoms with E-state index in [-0.39, 0.29) is 16.5 Å². The van der Waals surface area contributed by atoms with Crippen LogP contribution in [0.3, 0.4) is 0 Å². The quantitative estimate of drug-likeness (QED) is 0.460. The maximum absolute atomic E-state index is 12.3. The number of quaternary nitrogens is 1. The number of rotatable bonds is 8. The number of hydrogen-bond donors (Lipinski definition) is 1. The third kappa shape index (κ3) is 6.14. The molecule has 0 saturated carbocycles. The van der Waals surface area contributed by atoms with Gasteiger partial charge >= 0.3 is 0 Å². The Bertz CT molecular complexity index is 582. The number of carbonyl (C=O) groups excluding carboxylic acids is 1. The summed E-state index contributed by atoms with van der Waals surface area (Å²) >= 11 is 0. The van der Waals surface area contributed by atoms with E-state index in [2.05, 4.69) is 29.6 Å². The Hall–Kier alpha value is -2.17. The van der Waals surface area contributed by atoms with Crippen molar-refractivity contribution >= 4 is 5.91 Å². The van der Waals surface area contributed by atoms with Crippen LogP contribution in [0.2, 0.25) is 0 Å². The number of carbonyl (C=O) groups is 1. The molecule has 0 bridgehead atoms. The highest BCUT2D eigenvalue weighted by molar-refractivity contribution is 5.77. The van der Waals surface area contributed by atoms with E-state index in [4.69, 9.17) is 0 Å². The van der Waals surface area contributed by atoms with E-state index in [1.54, 1.807) is 14.1 Å². The van der Waals surface area contributed by atoms with Crippen molar-refractivity contribution in [2.45, 2.75) is 18.8 Å². The Labute approximate surface area is 144 Å². The average Bonchev–Trinajstić information content (AvgIpc) is 2.57. The molecule has 1 N–H and O–H groups in total. The molecular formula is C20H26N2O2. The number of hydrogen-bond acceptors (Lipinski definition) is 2. The first kappa shape index (κ1) is 18.2. The van der Waals surface area contributed by atoms with Gasteiger partial charge in [0.2, 0.25) is 5.91 Å². The van der Waals surface area contributed by atoms with E-state index >= 15 is 0 Å². The molecule has 2 aromatic rings. The molecule has 0 aliphatic carbocycles. The van der Waals surface area contributed by atoms with E-state index in [1.807, 2.05) is 36.4 Å². The number of nitrogens with one attached hydrogen (secondary N) is 1. The topological polar surface area (TPSA) is 52.2 Å². The van der Waals surface area contributed by atoms with E-state index in [0.717, 1.165) is 11.1 Å². The molecule has 0 heterocycles. The molecule has 0 aliphatic rings. The zero-order valence-corrected chi connectivity index (χ0v) is 14.4. The smallest absolute Gasteiger partial charge is 0.220 e. The molecule has 0 unspecified atom stereocenters. The Morgan fingerprint density at radius 2 is 1.50 bits per heavy atom. The van der Waals surface area contributed by atoms with Crippen LogP contribution in [0.15, 0.2) is 60.7 Å². The van der Waals surface area contributed by atoms with Gasteiger partial charge in [-0.05, 0) is 11.1 Å². The Kier molecular flexibility index (Phi) is 6.53. The second-order valence-electron chi connectivity index (χ2n) is 6.58. The van der Waals surface area contributed by atoms with Gasteiger partial charge in [-0.15, -0.1) is 0 Å². The molecule has 4 heteroatoms. The van der Waals surface area contributed by atoms with E-state index in [9.17, 15) is 10.0 Å². The molecule has 0 aromatic heterocycles. The highest BCUT2D eigenvalue weighted by Gasteiger charge is 2.17. The number of nitrogens with zero attached hydrogens (tertiary/aromatic N) is 1. The van der Waals surface area contributed by atoms with Gasteiger partial charge in [-0.25, -0.2) is 0 Å². The SMILES string of the molecule is C[N+](C)([O-])CCCNC(=O)CC(c1ccccc1)c1ccccc1. The Morgan fingerprint density at radius 1 is 1.00 bits per heavy atom. The van der Waals surface area contributed by atoms with Gasteiger partial charge < -0.3 is 15.2 Å². The van der Waals surface area contributed by atoms with Gasteiger partial charge in [-0.3, -0.25) is 4.79 Å². The summed E-state index contributed by atoms with van der Waals surface area (Å²) in [7, 11) is 3.23. The molecule has 0 fully saturated rings. The standard InChI is InChI=1S/C20H26N2O2/c1-22(2,24)15-9-14-21-20(23)16-19(17-10-5-3-6-11-17)18-12-7-4-8-13-18/h3-8,10-13,19H,9,14-16H2,1-2H3,(H,21,23). The van der Waals surface area contributed by atoms with E-state index < -0.39 is 0 Å². The van der Waals surface area contributed by atoms with Gasteiger partial charge in [0, 0.05) is 25.3 Å². The fourth-order valence-electron chi connectivity index (χ4n) is 2.74. The second-order valence-corrected chi connectivity index (χ2v) is 6.58. The highest BCUT2D eigenvalue weighted by Crippen LogP contribution is 2.27. The lowest BCUT2D eigenvalue weighted by Crippen LogP contribution is -2.36. The van der Waals surface area contributed by atoms with Crippen LogP contribution in [0.1, 0.15) is 29.9 Å². The van der Waals surface area contributed by atoms with Crippen LogP contribution in [0, 0.1) is 5.21 Å².